The van der Waals surface area contributed by atoms with Gasteiger partial charge in [0.15, 0.2) is 0 Å². The summed E-state index contributed by atoms with van der Waals surface area (Å²) in [6.45, 7) is 3.60. The summed E-state index contributed by atoms with van der Waals surface area (Å²) in [7, 11) is 0. The van der Waals surface area contributed by atoms with Crippen molar-refractivity contribution in [2.75, 3.05) is 23.7 Å². The van der Waals surface area contributed by atoms with Gasteiger partial charge in [-0.15, -0.1) is 0 Å². The number of anilines is 2. The molecule has 33 heavy (non-hydrogen) atoms. The molecule has 3 aromatic rings. The average Bonchev–Trinajstić information content (AvgIpc) is 2.83. The Bertz CT molecular complexity index is 1170. The highest BCUT2D eigenvalue weighted by Gasteiger charge is 2.38. The largest absolute Gasteiger partial charge is 0.481 e. The van der Waals surface area contributed by atoms with Gasteiger partial charge in [-0.2, -0.15) is 5.26 Å². The van der Waals surface area contributed by atoms with Crippen LogP contribution in [-0.2, 0) is 23.2 Å². The quantitative estimate of drug-likeness (QED) is 0.420. The molecule has 0 aromatic heterocycles. The predicted octanol–water partition coefficient (Wildman–Crippen LogP) is 4.14. The zero-order valence-electron chi connectivity index (χ0n) is 18.6. The fourth-order valence-electron chi connectivity index (χ4n) is 4.48. The number of carboxylic acid groups (broad SMARTS) is 1. The number of hydrogen-bond acceptors (Lipinski definition) is 5. The molecule has 1 aliphatic heterocycles. The fraction of sp³-hybridized carbons (Fsp3) is 0.259. The molecule has 2 atom stereocenters. The molecule has 168 valence electrons. The third-order valence-electron chi connectivity index (χ3n) is 6.32. The van der Waals surface area contributed by atoms with E-state index in [0.29, 0.717) is 18.7 Å². The molecule has 0 aliphatic carbocycles. The zero-order chi connectivity index (χ0) is 23.3. The van der Waals surface area contributed by atoms with Gasteiger partial charge in [0.25, 0.3) is 0 Å². The Hall–Kier alpha value is -3.82. The van der Waals surface area contributed by atoms with Crippen molar-refractivity contribution in [3.63, 3.8) is 0 Å². The standard InChI is InChI=1S/C27H28N4O2/c1-27(22-10-3-2-4-11-22,24-18-29-23-12-6-9-21(17-28)26(23)31-24)30-14-13-19-7-5-8-20(15-19)16-25(32)33/h2-12,15,24,29-31H,13-14,16,18H2,1H3,(H,32,33)/t24-,27-/m0/s1. The van der Waals surface area contributed by atoms with E-state index in [9.17, 15) is 10.1 Å². The molecule has 0 radical (unpaired) electrons. The number of aliphatic carboxylic acids is 1. The molecule has 6 heteroatoms. The Morgan fingerprint density at radius 2 is 1.88 bits per heavy atom. The van der Waals surface area contributed by atoms with Crippen LogP contribution in [0.1, 0.15) is 29.2 Å². The number of rotatable bonds is 8. The number of carbonyl (C=O) groups is 1. The summed E-state index contributed by atoms with van der Waals surface area (Å²) in [4.78, 5) is 11.0. The second-order valence-corrected chi connectivity index (χ2v) is 8.55. The maximum Gasteiger partial charge on any atom is 0.307 e. The van der Waals surface area contributed by atoms with Crippen molar-refractivity contribution >= 4 is 17.3 Å². The van der Waals surface area contributed by atoms with E-state index in [2.05, 4.69) is 41.1 Å². The number of nitrogens with zero attached hydrogens (tertiary/aromatic N) is 1. The lowest BCUT2D eigenvalue weighted by Crippen LogP contribution is -2.57. The van der Waals surface area contributed by atoms with Crippen LogP contribution in [0.3, 0.4) is 0 Å². The van der Waals surface area contributed by atoms with Gasteiger partial charge in [0.2, 0.25) is 0 Å². The Labute approximate surface area is 194 Å². The van der Waals surface area contributed by atoms with Gasteiger partial charge in [0.05, 0.1) is 34.9 Å². The van der Waals surface area contributed by atoms with Crippen molar-refractivity contribution < 1.29 is 9.90 Å². The smallest absolute Gasteiger partial charge is 0.307 e. The van der Waals surface area contributed by atoms with Crippen LogP contribution in [0.25, 0.3) is 0 Å². The second kappa shape index (κ2) is 9.76. The highest BCUT2D eigenvalue weighted by molar-refractivity contribution is 5.77. The molecule has 0 saturated heterocycles. The summed E-state index contributed by atoms with van der Waals surface area (Å²) in [5.41, 5.74) is 5.05. The number of benzene rings is 3. The van der Waals surface area contributed by atoms with Gasteiger partial charge in [0, 0.05) is 13.1 Å². The number of hydrogen-bond donors (Lipinski definition) is 4. The van der Waals surface area contributed by atoms with E-state index in [4.69, 9.17) is 5.11 Å². The monoisotopic (exact) mass is 440 g/mol. The van der Waals surface area contributed by atoms with Crippen LogP contribution in [0.2, 0.25) is 0 Å². The first-order chi connectivity index (χ1) is 16.0. The molecule has 0 unspecified atom stereocenters. The Morgan fingerprint density at radius 1 is 1.12 bits per heavy atom. The van der Waals surface area contributed by atoms with Crippen LogP contribution in [0, 0.1) is 11.3 Å². The van der Waals surface area contributed by atoms with Gasteiger partial charge < -0.3 is 21.1 Å². The summed E-state index contributed by atoms with van der Waals surface area (Å²) in [5.74, 6) is -0.824. The molecule has 4 N–H and O–H groups in total. The van der Waals surface area contributed by atoms with E-state index in [-0.39, 0.29) is 12.5 Å². The number of para-hydroxylation sites is 1. The van der Waals surface area contributed by atoms with Crippen LogP contribution in [-0.4, -0.2) is 30.2 Å². The van der Waals surface area contributed by atoms with E-state index in [1.807, 2.05) is 60.7 Å². The van der Waals surface area contributed by atoms with Crippen molar-refractivity contribution in [1.82, 2.24) is 5.32 Å². The van der Waals surface area contributed by atoms with Gasteiger partial charge in [0.1, 0.15) is 6.07 Å². The van der Waals surface area contributed by atoms with E-state index < -0.39 is 11.5 Å². The van der Waals surface area contributed by atoms with E-state index in [1.165, 1.54) is 0 Å². The molecule has 3 aromatic carbocycles. The molecule has 4 rings (SSSR count). The summed E-state index contributed by atoms with van der Waals surface area (Å²) < 4.78 is 0. The third-order valence-corrected chi connectivity index (χ3v) is 6.32. The molecule has 0 amide bonds. The summed E-state index contributed by atoms with van der Waals surface area (Å²) in [6.07, 6.45) is 0.803. The maximum absolute atomic E-state index is 11.0. The highest BCUT2D eigenvalue weighted by atomic mass is 16.4. The topological polar surface area (TPSA) is 97.2 Å². The SMILES string of the molecule is C[C@](NCCc1cccc(CC(=O)O)c1)(c1ccccc1)[C@@H]1CNc2cccc(C#N)c2N1. The number of fused-ring (bicyclic) bond motifs is 1. The van der Waals surface area contributed by atoms with Gasteiger partial charge in [-0.25, -0.2) is 0 Å². The van der Waals surface area contributed by atoms with Crippen molar-refractivity contribution in [3.05, 3.63) is 95.1 Å². The van der Waals surface area contributed by atoms with Gasteiger partial charge in [-0.3, -0.25) is 4.79 Å². The van der Waals surface area contributed by atoms with Crippen molar-refractivity contribution in [2.45, 2.75) is 31.3 Å². The average molecular weight is 441 g/mol. The molecule has 6 nitrogen and oxygen atoms in total. The Kier molecular flexibility index (Phi) is 6.62. The minimum absolute atomic E-state index is 0.000227. The van der Waals surface area contributed by atoms with E-state index >= 15 is 0 Å². The lowest BCUT2D eigenvalue weighted by molar-refractivity contribution is -0.136. The molecule has 0 fully saturated rings. The fourth-order valence-corrected chi connectivity index (χ4v) is 4.48. The van der Waals surface area contributed by atoms with Gasteiger partial charge in [-0.1, -0.05) is 60.7 Å². The van der Waals surface area contributed by atoms with Crippen molar-refractivity contribution in [2.24, 2.45) is 0 Å². The Morgan fingerprint density at radius 3 is 2.64 bits per heavy atom. The minimum atomic E-state index is -0.824. The zero-order valence-corrected chi connectivity index (χ0v) is 18.6. The lowest BCUT2D eigenvalue weighted by Gasteiger charge is -2.43. The third kappa shape index (κ3) is 5.00. The molecular formula is C27H28N4O2. The molecular weight excluding hydrogens is 412 g/mol. The molecule has 0 spiro atoms. The predicted molar refractivity (Wildman–Crippen MR) is 130 cm³/mol. The summed E-state index contributed by atoms with van der Waals surface area (Å²) in [5, 5.41) is 29.5. The van der Waals surface area contributed by atoms with Gasteiger partial charge in [-0.05, 0) is 42.2 Å². The van der Waals surface area contributed by atoms with E-state index in [1.54, 1.807) is 0 Å². The Balaban J connectivity index is 1.55. The molecule has 0 bridgehead atoms. The second-order valence-electron chi connectivity index (χ2n) is 8.55. The lowest BCUT2D eigenvalue weighted by atomic mass is 9.82. The molecule has 1 heterocycles. The van der Waals surface area contributed by atoms with Crippen LogP contribution in [0.15, 0.2) is 72.8 Å². The number of carboxylic acids is 1. The summed E-state index contributed by atoms with van der Waals surface area (Å²) in [6, 6.07) is 26.1. The van der Waals surface area contributed by atoms with Crippen LogP contribution < -0.4 is 16.0 Å². The van der Waals surface area contributed by atoms with Crippen LogP contribution in [0.4, 0.5) is 11.4 Å². The number of nitriles is 1. The van der Waals surface area contributed by atoms with Crippen LogP contribution >= 0.6 is 0 Å². The number of nitrogens with one attached hydrogen (secondary N) is 3. The first kappa shape index (κ1) is 22.4. The van der Waals surface area contributed by atoms with Crippen molar-refractivity contribution in [3.8, 4) is 6.07 Å². The molecule has 1 aliphatic rings. The normalized spacial score (nSPS) is 16.4. The first-order valence-electron chi connectivity index (χ1n) is 11.1. The summed E-state index contributed by atoms with van der Waals surface area (Å²) >= 11 is 0. The first-order valence-corrected chi connectivity index (χ1v) is 11.1. The maximum atomic E-state index is 11.0. The van der Waals surface area contributed by atoms with Crippen molar-refractivity contribution in [1.29, 1.82) is 5.26 Å². The van der Waals surface area contributed by atoms with Crippen LogP contribution in [0.5, 0.6) is 0 Å². The molecule has 0 saturated carbocycles. The van der Waals surface area contributed by atoms with E-state index in [0.717, 1.165) is 34.5 Å². The van der Waals surface area contributed by atoms with Gasteiger partial charge >= 0.3 is 5.97 Å². The highest BCUT2D eigenvalue weighted by Crippen LogP contribution is 2.35. The minimum Gasteiger partial charge on any atom is -0.481 e.